The Hall–Kier alpha value is -1.35. The summed E-state index contributed by atoms with van der Waals surface area (Å²) in [6, 6.07) is 8.02. The molecule has 0 bridgehead atoms. The Morgan fingerprint density at radius 1 is 1.19 bits per heavy atom. The van der Waals surface area contributed by atoms with Gasteiger partial charge in [-0.2, -0.15) is 0 Å². The molecule has 0 spiro atoms. The molecule has 0 heterocycles. The molecule has 3 heteroatoms. The Morgan fingerprint density at radius 2 is 1.86 bits per heavy atom. The Bertz CT molecular complexity index is 435. The molecule has 0 unspecified atom stereocenters. The maximum Gasteiger partial charge on any atom is 0.226 e. The van der Waals surface area contributed by atoms with Gasteiger partial charge >= 0.3 is 0 Å². The van der Waals surface area contributed by atoms with Gasteiger partial charge in [0.25, 0.3) is 0 Å². The number of anilines is 1. The monoisotopic (exact) mass is 288 g/mol. The van der Waals surface area contributed by atoms with Crippen LogP contribution in [0.2, 0.25) is 0 Å². The van der Waals surface area contributed by atoms with Crippen molar-refractivity contribution in [2.75, 3.05) is 11.4 Å². The van der Waals surface area contributed by atoms with Crippen LogP contribution in [0.3, 0.4) is 0 Å². The first-order chi connectivity index (χ1) is 10.2. The van der Waals surface area contributed by atoms with Gasteiger partial charge in [-0.1, -0.05) is 44.2 Å². The molecule has 1 saturated carbocycles. The molecule has 1 aliphatic carbocycles. The average molecular weight is 288 g/mol. The lowest BCUT2D eigenvalue weighted by Crippen LogP contribution is -2.30. The quantitative estimate of drug-likeness (QED) is 0.864. The van der Waals surface area contributed by atoms with E-state index in [1.165, 1.54) is 32.1 Å². The second-order valence-corrected chi connectivity index (χ2v) is 6.05. The summed E-state index contributed by atoms with van der Waals surface area (Å²) in [4.78, 5) is 14.4. The smallest absolute Gasteiger partial charge is 0.226 e. The van der Waals surface area contributed by atoms with Crippen LogP contribution in [-0.4, -0.2) is 12.5 Å². The van der Waals surface area contributed by atoms with E-state index >= 15 is 0 Å². The van der Waals surface area contributed by atoms with Crippen molar-refractivity contribution in [3.63, 3.8) is 0 Å². The second-order valence-electron chi connectivity index (χ2n) is 6.05. The van der Waals surface area contributed by atoms with Crippen LogP contribution >= 0.6 is 0 Å². The number of hydrogen-bond donors (Lipinski definition) is 1. The van der Waals surface area contributed by atoms with Crippen molar-refractivity contribution in [2.45, 2.75) is 58.4 Å². The Labute approximate surface area is 128 Å². The molecule has 116 valence electrons. The van der Waals surface area contributed by atoms with E-state index in [2.05, 4.69) is 0 Å². The molecule has 0 aliphatic heterocycles. The summed E-state index contributed by atoms with van der Waals surface area (Å²) in [6.07, 6.45) is 8.41. The second kappa shape index (κ2) is 8.18. The number of nitrogens with two attached hydrogens (primary N) is 1. The molecule has 1 fully saturated rings. The van der Waals surface area contributed by atoms with E-state index < -0.39 is 0 Å². The van der Waals surface area contributed by atoms with Gasteiger partial charge < -0.3 is 10.6 Å². The predicted molar refractivity (Wildman–Crippen MR) is 88.2 cm³/mol. The van der Waals surface area contributed by atoms with Crippen LogP contribution in [0.1, 0.15) is 57.4 Å². The summed E-state index contributed by atoms with van der Waals surface area (Å²) in [6.45, 7) is 3.31. The van der Waals surface area contributed by atoms with Crippen LogP contribution < -0.4 is 10.6 Å². The molecule has 21 heavy (non-hydrogen) atoms. The van der Waals surface area contributed by atoms with Gasteiger partial charge in [-0.15, -0.1) is 0 Å². The summed E-state index contributed by atoms with van der Waals surface area (Å²) in [5.41, 5.74) is 7.71. The molecule has 0 radical (unpaired) electrons. The highest BCUT2D eigenvalue weighted by molar-refractivity contribution is 5.93. The number of nitrogens with zero attached hydrogens (tertiary/aromatic N) is 1. The van der Waals surface area contributed by atoms with Crippen LogP contribution in [0.5, 0.6) is 0 Å². The van der Waals surface area contributed by atoms with E-state index in [1.54, 1.807) is 0 Å². The normalized spacial score (nSPS) is 15.9. The summed E-state index contributed by atoms with van der Waals surface area (Å²) in [5, 5.41) is 0. The fraction of sp³-hybridized carbons (Fsp3) is 0.611. The lowest BCUT2D eigenvalue weighted by Gasteiger charge is -2.24. The largest absolute Gasteiger partial charge is 0.326 e. The average Bonchev–Trinajstić information content (AvgIpc) is 2.55. The SMILES string of the molecule is CCN(C(=O)CCC1CCCCC1)c1ccc(CN)cc1. The molecule has 1 aliphatic rings. The van der Waals surface area contributed by atoms with Gasteiger partial charge in [0.15, 0.2) is 0 Å². The Morgan fingerprint density at radius 3 is 2.43 bits per heavy atom. The fourth-order valence-corrected chi connectivity index (χ4v) is 3.25. The van der Waals surface area contributed by atoms with Crippen molar-refractivity contribution in [3.05, 3.63) is 29.8 Å². The number of benzene rings is 1. The summed E-state index contributed by atoms with van der Waals surface area (Å²) >= 11 is 0. The van der Waals surface area contributed by atoms with E-state index in [1.807, 2.05) is 36.1 Å². The minimum atomic E-state index is 0.253. The number of carbonyl (C=O) groups excluding carboxylic acids is 1. The van der Waals surface area contributed by atoms with Crippen molar-refractivity contribution >= 4 is 11.6 Å². The maximum atomic E-state index is 12.5. The number of carbonyl (C=O) groups is 1. The first-order valence-electron chi connectivity index (χ1n) is 8.34. The van der Waals surface area contributed by atoms with Crippen LogP contribution in [0.4, 0.5) is 5.69 Å². The van der Waals surface area contributed by atoms with Crippen LogP contribution in [-0.2, 0) is 11.3 Å². The minimum Gasteiger partial charge on any atom is -0.326 e. The summed E-state index contributed by atoms with van der Waals surface area (Å²) < 4.78 is 0. The highest BCUT2D eigenvalue weighted by Gasteiger charge is 2.18. The number of amides is 1. The highest BCUT2D eigenvalue weighted by Crippen LogP contribution is 2.28. The molecule has 0 aromatic heterocycles. The Kier molecular flexibility index (Phi) is 6.24. The van der Waals surface area contributed by atoms with E-state index in [0.717, 1.165) is 30.1 Å². The third-order valence-electron chi connectivity index (χ3n) is 4.59. The highest BCUT2D eigenvalue weighted by atomic mass is 16.2. The third kappa shape index (κ3) is 4.57. The van der Waals surface area contributed by atoms with E-state index in [-0.39, 0.29) is 5.91 Å². The third-order valence-corrected chi connectivity index (χ3v) is 4.59. The van der Waals surface area contributed by atoms with Crippen molar-refractivity contribution in [1.82, 2.24) is 0 Å². The summed E-state index contributed by atoms with van der Waals surface area (Å²) in [7, 11) is 0. The number of hydrogen-bond acceptors (Lipinski definition) is 2. The molecular weight excluding hydrogens is 260 g/mol. The van der Waals surface area contributed by atoms with Crippen molar-refractivity contribution < 1.29 is 4.79 Å². The standard InChI is InChI=1S/C18H28N2O/c1-2-20(17-11-8-16(14-19)9-12-17)18(21)13-10-15-6-4-3-5-7-15/h8-9,11-12,15H,2-7,10,13-14,19H2,1H3. The summed E-state index contributed by atoms with van der Waals surface area (Å²) in [5.74, 6) is 1.02. The molecule has 3 nitrogen and oxygen atoms in total. The van der Waals surface area contributed by atoms with Gasteiger partial charge in [-0.25, -0.2) is 0 Å². The van der Waals surface area contributed by atoms with Crippen LogP contribution in [0.15, 0.2) is 24.3 Å². The fourth-order valence-electron chi connectivity index (χ4n) is 3.25. The molecule has 1 aromatic carbocycles. The Balaban J connectivity index is 1.90. The minimum absolute atomic E-state index is 0.253. The molecule has 2 N–H and O–H groups in total. The van der Waals surface area contributed by atoms with Gasteiger partial charge in [-0.05, 0) is 37.0 Å². The van der Waals surface area contributed by atoms with Gasteiger partial charge in [0.1, 0.15) is 0 Å². The topological polar surface area (TPSA) is 46.3 Å². The van der Waals surface area contributed by atoms with Gasteiger partial charge in [0.05, 0.1) is 0 Å². The van der Waals surface area contributed by atoms with Crippen molar-refractivity contribution in [2.24, 2.45) is 11.7 Å². The van der Waals surface area contributed by atoms with Crippen LogP contribution in [0.25, 0.3) is 0 Å². The van der Waals surface area contributed by atoms with E-state index in [4.69, 9.17) is 5.73 Å². The van der Waals surface area contributed by atoms with E-state index in [0.29, 0.717) is 13.0 Å². The van der Waals surface area contributed by atoms with Crippen molar-refractivity contribution in [3.8, 4) is 0 Å². The van der Waals surface area contributed by atoms with Crippen molar-refractivity contribution in [1.29, 1.82) is 0 Å². The zero-order valence-electron chi connectivity index (χ0n) is 13.2. The number of rotatable bonds is 6. The molecule has 2 rings (SSSR count). The van der Waals surface area contributed by atoms with Gasteiger partial charge in [0, 0.05) is 25.2 Å². The van der Waals surface area contributed by atoms with Crippen LogP contribution in [0, 0.1) is 5.92 Å². The molecule has 0 saturated heterocycles. The predicted octanol–water partition coefficient (Wildman–Crippen LogP) is 3.86. The molecule has 0 atom stereocenters. The first kappa shape index (κ1) is 16.0. The zero-order valence-corrected chi connectivity index (χ0v) is 13.2. The molecular formula is C18H28N2O. The lowest BCUT2D eigenvalue weighted by molar-refractivity contribution is -0.118. The molecule has 1 amide bonds. The zero-order chi connectivity index (χ0) is 15.1. The lowest BCUT2D eigenvalue weighted by atomic mass is 9.86. The van der Waals surface area contributed by atoms with Gasteiger partial charge in [-0.3, -0.25) is 4.79 Å². The molecule has 1 aromatic rings. The maximum absolute atomic E-state index is 12.5. The van der Waals surface area contributed by atoms with E-state index in [9.17, 15) is 4.79 Å². The first-order valence-corrected chi connectivity index (χ1v) is 8.34. The van der Waals surface area contributed by atoms with Gasteiger partial charge in [0.2, 0.25) is 5.91 Å².